The average molecular weight is 182 g/mol. The van der Waals surface area contributed by atoms with Gasteiger partial charge in [0.25, 0.3) is 0 Å². The van der Waals surface area contributed by atoms with E-state index in [4.69, 9.17) is 5.11 Å². The maximum Gasteiger partial charge on any atom is 0.306 e. The minimum absolute atomic E-state index is 0.285. The maximum absolute atomic E-state index is 10.8. The molecular weight excluding hydrogens is 164 g/mol. The van der Waals surface area contributed by atoms with Gasteiger partial charge in [-0.2, -0.15) is 0 Å². The average Bonchev–Trinajstić information content (AvgIpc) is 2.04. The van der Waals surface area contributed by atoms with E-state index in [-0.39, 0.29) is 5.92 Å². The van der Waals surface area contributed by atoms with Crippen molar-refractivity contribution in [3.05, 3.63) is 25.3 Å². The Morgan fingerprint density at radius 2 is 1.92 bits per heavy atom. The van der Waals surface area contributed by atoms with Crippen molar-refractivity contribution in [3.63, 3.8) is 0 Å². The van der Waals surface area contributed by atoms with E-state index in [9.17, 15) is 4.79 Å². The lowest BCUT2D eigenvalue weighted by atomic mass is 9.91. The van der Waals surface area contributed by atoms with Gasteiger partial charge in [0.1, 0.15) is 0 Å². The van der Waals surface area contributed by atoms with Crippen LogP contribution in [0.15, 0.2) is 25.3 Å². The predicted octanol–water partition coefficient (Wildman–Crippen LogP) is 2.87. The van der Waals surface area contributed by atoms with Crippen LogP contribution in [0, 0.1) is 11.8 Å². The molecule has 0 spiro atoms. The van der Waals surface area contributed by atoms with Gasteiger partial charge in [0, 0.05) is 0 Å². The van der Waals surface area contributed by atoms with Crippen LogP contribution < -0.4 is 0 Å². The van der Waals surface area contributed by atoms with Crippen LogP contribution in [0.5, 0.6) is 0 Å². The number of aliphatic carboxylic acids is 1. The molecule has 0 aliphatic rings. The summed E-state index contributed by atoms with van der Waals surface area (Å²) in [5.41, 5.74) is 0. The lowest BCUT2D eigenvalue weighted by molar-refractivity contribution is -0.142. The highest BCUT2D eigenvalue weighted by molar-refractivity contribution is 5.70. The Morgan fingerprint density at radius 1 is 1.38 bits per heavy atom. The zero-order valence-corrected chi connectivity index (χ0v) is 8.20. The Balaban J connectivity index is 4.00. The molecule has 2 unspecified atom stereocenters. The van der Waals surface area contributed by atoms with Gasteiger partial charge in [-0.15, -0.1) is 13.2 Å². The summed E-state index contributed by atoms with van der Waals surface area (Å²) in [6.07, 6.45) is 5.63. The Labute approximate surface area is 80.0 Å². The minimum Gasteiger partial charge on any atom is -0.481 e. The molecule has 0 rings (SSSR count). The first-order chi connectivity index (χ1) is 6.11. The third kappa shape index (κ3) is 5.23. The summed E-state index contributed by atoms with van der Waals surface area (Å²) in [7, 11) is 0. The molecule has 0 radical (unpaired) electrons. The summed E-state index contributed by atoms with van der Waals surface area (Å²) in [4.78, 5) is 10.8. The van der Waals surface area contributed by atoms with Crippen LogP contribution in [0.25, 0.3) is 0 Å². The van der Waals surface area contributed by atoms with Crippen LogP contribution >= 0.6 is 0 Å². The van der Waals surface area contributed by atoms with E-state index >= 15 is 0 Å². The third-order valence-electron chi connectivity index (χ3n) is 2.06. The number of carbonyl (C=O) groups is 1. The zero-order valence-electron chi connectivity index (χ0n) is 8.20. The molecule has 0 amide bonds. The molecule has 0 aliphatic carbocycles. The summed E-state index contributed by atoms with van der Waals surface area (Å²) < 4.78 is 0. The smallest absolute Gasteiger partial charge is 0.306 e. The van der Waals surface area contributed by atoms with E-state index < -0.39 is 5.97 Å². The van der Waals surface area contributed by atoms with Crippen molar-refractivity contribution >= 4 is 5.97 Å². The molecule has 2 atom stereocenters. The van der Waals surface area contributed by atoms with Crippen molar-refractivity contribution in [2.24, 2.45) is 11.8 Å². The second-order valence-electron chi connectivity index (χ2n) is 3.42. The SMILES string of the molecule is C=CCC(C)CC(CC=C)C(=O)O. The molecule has 0 aromatic heterocycles. The largest absolute Gasteiger partial charge is 0.481 e. The van der Waals surface area contributed by atoms with Gasteiger partial charge in [0.15, 0.2) is 0 Å². The van der Waals surface area contributed by atoms with Crippen molar-refractivity contribution in [2.45, 2.75) is 26.2 Å². The van der Waals surface area contributed by atoms with Crippen molar-refractivity contribution in [1.29, 1.82) is 0 Å². The molecule has 0 fully saturated rings. The molecule has 2 nitrogen and oxygen atoms in total. The van der Waals surface area contributed by atoms with Crippen LogP contribution in [-0.4, -0.2) is 11.1 Å². The Bertz CT molecular complexity index is 185. The van der Waals surface area contributed by atoms with Crippen LogP contribution in [0.1, 0.15) is 26.2 Å². The van der Waals surface area contributed by atoms with E-state index in [1.54, 1.807) is 6.08 Å². The van der Waals surface area contributed by atoms with Gasteiger partial charge in [-0.1, -0.05) is 19.1 Å². The number of hydrogen-bond acceptors (Lipinski definition) is 1. The highest BCUT2D eigenvalue weighted by atomic mass is 16.4. The summed E-state index contributed by atoms with van der Waals surface area (Å²) >= 11 is 0. The molecule has 13 heavy (non-hydrogen) atoms. The second kappa shape index (κ2) is 6.46. The maximum atomic E-state index is 10.8. The molecule has 0 aromatic carbocycles. The fourth-order valence-corrected chi connectivity index (χ4v) is 1.37. The van der Waals surface area contributed by atoms with E-state index in [1.807, 2.05) is 13.0 Å². The topological polar surface area (TPSA) is 37.3 Å². The molecule has 0 bridgehead atoms. The van der Waals surface area contributed by atoms with Gasteiger partial charge in [0.2, 0.25) is 0 Å². The molecule has 0 heterocycles. The monoisotopic (exact) mass is 182 g/mol. The highest BCUT2D eigenvalue weighted by Gasteiger charge is 2.17. The van der Waals surface area contributed by atoms with E-state index in [2.05, 4.69) is 13.2 Å². The third-order valence-corrected chi connectivity index (χ3v) is 2.06. The molecule has 1 N–H and O–H groups in total. The molecular formula is C11H18O2. The molecule has 0 aliphatic heterocycles. The first kappa shape index (κ1) is 11.9. The van der Waals surface area contributed by atoms with Gasteiger partial charge >= 0.3 is 5.97 Å². The van der Waals surface area contributed by atoms with Crippen molar-refractivity contribution < 1.29 is 9.90 Å². The Kier molecular flexibility index (Phi) is 5.94. The van der Waals surface area contributed by atoms with E-state index in [1.165, 1.54) is 0 Å². The van der Waals surface area contributed by atoms with Gasteiger partial charge in [0.05, 0.1) is 5.92 Å². The standard InChI is InChI=1S/C11H18O2/c1-4-6-9(3)8-10(7-5-2)11(12)13/h4-5,9-10H,1-2,6-8H2,3H3,(H,12,13). The summed E-state index contributed by atoms with van der Waals surface area (Å²) in [6.45, 7) is 9.23. The molecule has 0 saturated carbocycles. The van der Waals surface area contributed by atoms with Gasteiger partial charge in [-0.25, -0.2) is 0 Å². The quantitative estimate of drug-likeness (QED) is 0.615. The normalized spacial score (nSPS) is 14.5. The number of carboxylic acids is 1. The van der Waals surface area contributed by atoms with Crippen LogP contribution in [-0.2, 0) is 4.79 Å². The summed E-state index contributed by atoms with van der Waals surface area (Å²) in [5, 5.41) is 8.85. The molecule has 74 valence electrons. The lowest BCUT2D eigenvalue weighted by Crippen LogP contribution is -2.15. The van der Waals surface area contributed by atoms with Crippen LogP contribution in [0.4, 0.5) is 0 Å². The number of allylic oxidation sites excluding steroid dienone is 2. The minimum atomic E-state index is -0.726. The van der Waals surface area contributed by atoms with Crippen molar-refractivity contribution in [3.8, 4) is 0 Å². The van der Waals surface area contributed by atoms with E-state index in [0.717, 1.165) is 6.42 Å². The van der Waals surface area contributed by atoms with Gasteiger partial charge < -0.3 is 5.11 Å². The first-order valence-corrected chi connectivity index (χ1v) is 4.56. The Morgan fingerprint density at radius 3 is 2.31 bits per heavy atom. The van der Waals surface area contributed by atoms with Crippen LogP contribution in [0.3, 0.4) is 0 Å². The number of hydrogen-bond donors (Lipinski definition) is 1. The fourth-order valence-electron chi connectivity index (χ4n) is 1.37. The summed E-state index contributed by atoms with van der Waals surface area (Å²) in [6, 6.07) is 0. The van der Waals surface area contributed by atoms with Crippen LogP contribution in [0.2, 0.25) is 0 Å². The second-order valence-corrected chi connectivity index (χ2v) is 3.42. The highest BCUT2D eigenvalue weighted by Crippen LogP contribution is 2.19. The summed E-state index contributed by atoms with van der Waals surface area (Å²) in [5.74, 6) is -0.623. The Hall–Kier alpha value is -1.05. The van der Waals surface area contributed by atoms with E-state index in [0.29, 0.717) is 18.8 Å². The molecule has 2 heteroatoms. The number of carboxylic acid groups (broad SMARTS) is 1. The van der Waals surface area contributed by atoms with Crippen molar-refractivity contribution in [1.82, 2.24) is 0 Å². The lowest BCUT2D eigenvalue weighted by Gasteiger charge is -2.14. The fraction of sp³-hybridized carbons (Fsp3) is 0.545. The van der Waals surface area contributed by atoms with Gasteiger partial charge in [-0.3, -0.25) is 4.79 Å². The van der Waals surface area contributed by atoms with Gasteiger partial charge in [-0.05, 0) is 25.2 Å². The molecule has 0 aromatic rings. The molecule has 0 saturated heterocycles. The number of rotatable bonds is 7. The first-order valence-electron chi connectivity index (χ1n) is 4.56. The zero-order chi connectivity index (χ0) is 10.3. The van der Waals surface area contributed by atoms with Crippen molar-refractivity contribution in [2.75, 3.05) is 0 Å². The predicted molar refractivity (Wildman–Crippen MR) is 54.5 cm³/mol.